The molecular weight excluding hydrogens is 204 g/mol. The van der Waals surface area contributed by atoms with Gasteiger partial charge in [0.25, 0.3) is 0 Å². The van der Waals surface area contributed by atoms with Crippen molar-refractivity contribution in [2.45, 2.75) is 38.6 Å². The smallest absolute Gasteiger partial charge is 0.227 e. The molecule has 0 bridgehead atoms. The van der Waals surface area contributed by atoms with Gasteiger partial charge in [0.05, 0.1) is 18.1 Å². The Kier molecular flexibility index (Phi) is 3.82. The van der Waals surface area contributed by atoms with Crippen LogP contribution in [-0.2, 0) is 9.53 Å². The van der Waals surface area contributed by atoms with Crippen molar-refractivity contribution in [2.24, 2.45) is 5.41 Å². The third-order valence-corrected chi connectivity index (χ3v) is 3.90. The molecule has 2 aliphatic rings. The van der Waals surface area contributed by atoms with E-state index in [1.54, 1.807) is 0 Å². The molecule has 1 amide bonds. The number of piperidine rings is 1. The predicted octanol–water partition coefficient (Wildman–Crippen LogP) is 0.671. The van der Waals surface area contributed by atoms with E-state index in [0.717, 1.165) is 45.4 Å². The first-order valence-corrected chi connectivity index (χ1v) is 6.36. The van der Waals surface area contributed by atoms with Crippen molar-refractivity contribution < 1.29 is 9.53 Å². The van der Waals surface area contributed by atoms with Crippen LogP contribution in [0.2, 0.25) is 0 Å². The zero-order chi connectivity index (χ0) is 11.4. The van der Waals surface area contributed by atoms with Crippen LogP contribution in [-0.4, -0.2) is 38.3 Å². The van der Waals surface area contributed by atoms with Gasteiger partial charge in [-0.25, -0.2) is 0 Å². The van der Waals surface area contributed by atoms with E-state index in [2.05, 4.69) is 17.6 Å². The van der Waals surface area contributed by atoms with Crippen LogP contribution >= 0.6 is 0 Å². The van der Waals surface area contributed by atoms with Crippen molar-refractivity contribution in [3.63, 3.8) is 0 Å². The summed E-state index contributed by atoms with van der Waals surface area (Å²) in [5.41, 5.74) is -0.180. The van der Waals surface area contributed by atoms with Crippen LogP contribution < -0.4 is 10.6 Å². The second-order valence-corrected chi connectivity index (χ2v) is 4.95. The second kappa shape index (κ2) is 5.15. The van der Waals surface area contributed by atoms with Gasteiger partial charge in [-0.3, -0.25) is 4.79 Å². The molecule has 0 radical (unpaired) electrons. The molecule has 2 heterocycles. The fourth-order valence-electron chi connectivity index (χ4n) is 2.61. The Balaban J connectivity index is 1.94. The van der Waals surface area contributed by atoms with Crippen molar-refractivity contribution in [1.82, 2.24) is 10.6 Å². The van der Waals surface area contributed by atoms with E-state index in [1.165, 1.54) is 0 Å². The van der Waals surface area contributed by atoms with E-state index in [1.807, 2.05) is 0 Å². The lowest BCUT2D eigenvalue weighted by Crippen LogP contribution is -2.52. The monoisotopic (exact) mass is 226 g/mol. The molecule has 16 heavy (non-hydrogen) atoms. The predicted molar refractivity (Wildman–Crippen MR) is 62.2 cm³/mol. The van der Waals surface area contributed by atoms with Crippen LogP contribution in [0.15, 0.2) is 0 Å². The minimum atomic E-state index is -0.180. The molecule has 0 aliphatic carbocycles. The van der Waals surface area contributed by atoms with Gasteiger partial charge in [-0.2, -0.15) is 0 Å². The van der Waals surface area contributed by atoms with Gasteiger partial charge in [-0.05, 0) is 32.2 Å². The number of hydrogen-bond donors (Lipinski definition) is 2. The van der Waals surface area contributed by atoms with Crippen LogP contribution in [0.5, 0.6) is 0 Å². The van der Waals surface area contributed by atoms with Gasteiger partial charge >= 0.3 is 0 Å². The average molecular weight is 226 g/mol. The van der Waals surface area contributed by atoms with Crippen LogP contribution in [0, 0.1) is 5.41 Å². The molecule has 2 fully saturated rings. The van der Waals surface area contributed by atoms with Crippen LogP contribution in [0.25, 0.3) is 0 Å². The van der Waals surface area contributed by atoms with E-state index < -0.39 is 0 Å². The molecule has 4 heteroatoms. The van der Waals surface area contributed by atoms with Crippen molar-refractivity contribution in [1.29, 1.82) is 0 Å². The van der Waals surface area contributed by atoms with Crippen molar-refractivity contribution in [3.05, 3.63) is 0 Å². The van der Waals surface area contributed by atoms with Gasteiger partial charge in [0, 0.05) is 13.2 Å². The highest BCUT2D eigenvalue weighted by molar-refractivity contribution is 5.83. The Morgan fingerprint density at radius 2 is 2.50 bits per heavy atom. The third kappa shape index (κ3) is 2.38. The van der Waals surface area contributed by atoms with Crippen LogP contribution in [0.3, 0.4) is 0 Å². The molecule has 2 aliphatic heterocycles. The highest BCUT2D eigenvalue weighted by Gasteiger charge is 2.38. The van der Waals surface area contributed by atoms with Gasteiger partial charge in [0.2, 0.25) is 5.91 Å². The molecule has 4 nitrogen and oxygen atoms in total. The Labute approximate surface area is 97.1 Å². The number of carbonyl (C=O) groups is 1. The molecule has 2 unspecified atom stereocenters. The third-order valence-electron chi connectivity index (χ3n) is 3.90. The van der Waals surface area contributed by atoms with E-state index in [0.29, 0.717) is 6.61 Å². The summed E-state index contributed by atoms with van der Waals surface area (Å²) >= 11 is 0. The SMILES string of the molecule is CCC1(C(=O)NC2CCOC2)CCCNC1. The standard InChI is InChI=1S/C12H22N2O2/c1-2-12(5-3-6-13-9-12)11(15)14-10-4-7-16-8-10/h10,13H,2-9H2,1H3,(H,14,15). The second-order valence-electron chi connectivity index (χ2n) is 4.95. The fourth-order valence-corrected chi connectivity index (χ4v) is 2.61. The van der Waals surface area contributed by atoms with E-state index in [4.69, 9.17) is 4.74 Å². The van der Waals surface area contributed by atoms with E-state index in [-0.39, 0.29) is 17.4 Å². The first kappa shape index (κ1) is 11.9. The molecule has 2 saturated heterocycles. The molecule has 0 aromatic rings. The lowest BCUT2D eigenvalue weighted by atomic mass is 9.77. The highest BCUT2D eigenvalue weighted by Crippen LogP contribution is 2.30. The van der Waals surface area contributed by atoms with Gasteiger partial charge in [0.1, 0.15) is 0 Å². The summed E-state index contributed by atoms with van der Waals surface area (Å²) in [7, 11) is 0. The summed E-state index contributed by atoms with van der Waals surface area (Å²) in [6.07, 6.45) is 3.98. The topological polar surface area (TPSA) is 50.4 Å². The van der Waals surface area contributed by atoms with Gasteiger partial charge < -0.3 is 15.4 Å². The lowest BCUT2D eigenvalue weighted by Gasteiger charge is -2.36. The number of carbonyl (C=O) groups excluding carboxylic acids is 1. The van der Waals surface area contributed by atoms with Crippen molar-refractivity contribution in [2.75, 3.05) is 26.3 Å². The normalized spacial score (nSPS) is 34.9. The Morgan fingerprint density at radius 1 is 1.62 bits per heavy atom. The zero-order valence-electron chi connectivity index (χ0n) is 10.1. The summed E-state index contributed by atoms with van der Waals surface area (Å²) in [6, 6.07) is 0.234. The van der Waals surface area contributed by atoms with Gasteiger partial charge in [-0.15, -0.1) is 0 Å². The molecule has 0 saturated carbocycles. The molecule has 0 aromatic carbocycles. The summed E-state index contributed by atoms with van der Waals surface area (Å²) in [4.78, 5) is 12.3. The average Bonchev–Trinajstić information content (AvgIpc) is 2.82. The zero-order valence-corrected chi connectivity index (χ0v) is 10.1. The van der Waals surface area contributed by atoms with Crippen molar-refractivity contribution >= 4 is 5.91 Å². The number of amides is 1. The summed E-state index contributed by atoms with van der Waals surface area (Å²) < 4.78 is 5.28. The highest BCUT2D eigenvalue weighted by atomic mass is 16.5. The minimum Gasteiger partial charge on any atom is -0.379 e. The number of hydrogen-bond acceptors (Lipinski definition) is 3. The lowest BCUT2D eigenvalue weighted by molar-refractivity contribution is -0.133. The molecular formula is C12H22N2O2. The summed E-state index contributed by atoms with van der Waals surface area (Å²) in [5.74, 6) is 0.220. The van der Waals surface area contributed by atoms with E-state index >= 15 is 0 Å². The largest absolute Gasteiger partial charge is 0.379 e. The van der Waals surface area contributed by atoms with Gasteiger partial charge in [0.15, 0.2) is 0 Å². The van der Waals surface area contributed by atoms with E-state index in [9.17, 15) is 4.79 Å². The Hall–Kier alpha value is -0.610. The van der Waals surface area contributed by atoms with Crippen LogP contribution in [0.1, 0.15) is 32.6 Å². The molecule has 2 N–H and O–H groups in total. The van der Waals surface area contributed by atoms with Crippen LogP contribution in [0.4, 0.5) is 0 Å². The summed E-state index contributed by atoms with van der Waals surface area (Å²) in [5, 5.41) is 6.48. The first-order valence-electron chi connectivity index (χ1n) is 6.36. The fraction of sp³-hybridized carbons (Fsp3) is 0.917. The molecule has 92 valence electrons. The summed E-state index contributed by atoms with van der Waals surface area (Å²) in [6.45, 7) is 5.43. The number of nitrogens with one attached hydrogen (secondary N) is 2. The molecule has 0 spiro atoms. The molecule has 2 rings (SSSR count). The van der Waals surface area contributed by atoms with Gasteiger partial charge in [-0.1, -0.05) is 6.92 Å². The maximum Gasteiger partial charge on any atom is 0.227 e. The number of ether oxygens (including phenoxy) is 1. The Bertz CT molecular complexity index is 243. The first-order chi connectivity index (χ1) is 7.77. The molecule has 2 atom stereocenters. The maximum absolute atomic E-state index is 12.3. The maximum atomic E-state index is 12.3. The molecule has 0 aromatic heterocycles. The van der Waals surface area contributed by atoms with Crippen molar-refractivity contribution in [3.8, 4) is 0 Å². The number of rotatable bonds is 3. The quantitative estimate of drug-likeness (QED) is 0.743. The minimum absolute atomic E-state index is 0.180. The Morgan fingerprint density at radius 3 is 3.06 bits per heavy atom.